The van der Waals surface area contributed by atoms with Gasteiger partial charge in [-0.3, -0.25) is 14.5 Å². The molecule has 0 radical (unpaired) electrons. The molecule has 0 unspecified atom stereocenters. The summed E-state index contributed by atoms with van der Waals surface area (Å²) >= 11 is 3.25. The summed E-state index contributed by atoms with van der Waals surface area (Å²) < 4.78 is 5.50. The van der Waals surface area contributed by atoms with Crippen molar-refractivity contribution >= 4 is 53.8 Å². The van der Waals surface area contributed by atoms with Crippen LogP contribution in [0, 0.1) is 5.92 Å². The molecule has 2 fully saturated rings. The first-order valence-electron chi connectivity index (χ1n) is 13.7. The van der Waals surface area contributed by atoms with Crippen LogP contribution < -0.4 is 16.0 Å². The molecule has 2 aliphatic rings. The van der Waals surface area contributed by atoms with Crippen LogP contribution in [0.3, 0.4) is 0 Å². The molecule has 1 aliphatic heterocycles. The molecule has 1 aromatic carbocycles. The van der Waals surface area contributed by atoms with E-state index in [9.17, 15) is 14.4 Å². The molecule has 3 rings (SSSR count). The van der Waals surface area contributed by atoms with Gasteiger partial charge in [-0.05, 0) is 50.8 Å². The molecule has 2 atom stereocenters. The van der Waals surface area contributed by atoms with Gasteiger partial charge < -0.3 is 20.7 Å². The molecule has 3 N–H and O–H groups in total. The first kappa shape index (κ1) is 33.6. The lowest BCUT2D eigenvalue weighted by molar-refractivity contribution is -0.130. The molecule has 0 bridgehead atoms. The van der Waals surface area contributed by atoms with Crippen molar-refractivity contribution in [2.24, 2.45) is 5.92 Å². The number of thioether (sulfide) groups is 2. The lowest BCUT2D eigenvalue weighted by atomic mass is 9.91. The minimum atomic E-state index is -0.656. The summed E-state index contributed by atoms with van der Waals surface area (Å²) in [6.45, 7) is 7.25. The van der Waals surface area contributed by atoms with E-state index in [1.165, 1.54) is 54.3 Å². The minimum absolute atomic E-state index is 0. The Morgan fingerprint density at radius 2 is 1.82 bits per heavy atom. The largest absolute Gasteiger partial charge is 0.444 e. The third-order valence-electron chi connectivity index (χ3n) is 6.58. The number of ether oxygens (including phenoxy) is 1. The predicted octanol–water partition coefficient (Wildman–Crippen LogP) is 4.42. The molecule has 0 aromatic heterocycles. The van der Waals surface area contributed by atoms with Crippen LogP contribution in [0.2, 0.25) is 0 Å². The third-order valence-corrected chi connectivity index (χ3v) is 8.87. The van der Waals surface area contributed by atoms with E-state index in [1.54, 1.807) is 11.8 Å². The third kappa shape index (κ3) is 12.2. The Kier molecular flexibility index (Phi) is 14.9. The van der Waals surface area contributed by atoms with Crippen LogP contribution in [-0.2, 0) is 20.9 Å². The summed E-state index contributed by atoms with van der Waals surface area (Å²) in [4.78, 5) is 40.5. The van der Waals surface area contributed by atoms with Gasteiger partial charge in [0.15, 0.2) is 0 Å². The zero-order chi connectivity index (χ0) is 27.4. The van der Waals surface area contributed by atoms with Crippen LogP contribution in [0.25, 0.3) is 0 Å². The van der Waals surface area contributed by atoms with Gasteiger partial charge in [-0.25, -0.2) is 4.79 Å². The molecule has 1 heterocycles. The summed E-state index contributed by atoms with van der Waals surface area (Å²) in [5.41, 5.74) is 0.546. The average molecular weight is 601 g/mol. The number of carbonyl (C=O) groups is 3. The van der Waals surface area contributed by atoms with Crippen LogP contribution in [0.5, 0.6) is 0 Å². The van der Waals surface area contributed by atoms with Gasteiger partial charge in [-0.2, -0.15) is 11.8 Å². The number of hydrogen-bond donors (Lipinski definition) is 3. The average Bonchev–Trinajstić information content (AvgIpc) is 3.39. The number of hydrogen-bond acceptors (Lipinski definition) is 7. The molecular formula is C28H45ClN4O4S2. The van der Waals surface area contributed by atoms with Crippen LogP contribution in [0.1, 0.15) is 58.4 Å². The fourth-order valence-electron chi connectivity index (χ4n) is 4.54. The molecule has 1 saturated heterocycles. The maximum atomic E-state index is 13.3. The predicted molar refractivity (Wildman–Crippen MR) is 163 cm³/mol. The molecule has 220 valence electrons. The number of nitrogens with one attached hydrogen (secondary N) is 3. The van der Waals surface area contributed by atoms with Crippen molar-refractivity contribution in [1.82, 2.24) is 20.9 Å². The van der Waals surface area contributed by atoms with E-state index >= 15 is 0 Å². The maximum Gasteiger partial charge on any atom is 0.411 e. The molecule has 39 heavy (non-hydrogen) atoms. The smallest absolute Gasteiger partial charge is 0.411 e. The van der Waals surface area contributed by atoms with E-state index in [0.717, 1.165) is 12.3 Å². The van der Waals surface area contributed by atoms with Crippen LogP contribution in [-0.4, -0.2) is 76.7 Å². The zero-order valence-corrected chi connectivity index (χ0v) is 25.9. The Morgan fingerprint density at radius 3 is 2.51 bits per heavy atom. The van der Waals surface area contributed by atoms with Crippen molar-refractivity contribution in [3.05, 3.63) is 35.9 Å². The SMILES string of the molecule is CC(C)(C)OC(=O)N1CSC[C@H]1C(=O)N[C@@H](CSCC1CCCCC1)C(=O)NCCNCc1ccccc1.Cl. The van der Waals surface area contributed by atoms with Gasteiger partial charge in [0.05, 0.1) is 5.88 Å². The van der Waals surface area contributed by atoms with E-state index in [2.05, 4.69) is 28.1 Å². The number of carbonyl (C=O) groups excluding carboxylic acids is 3. The van der Waals surface area contributed by atoms with Gasteiger partial charge in [0.2, 0.25) is 11.8 Å². The van der Waals surface area contributed by atoms with E-state index in [0.29, 0.717) is 36.4 Å². The minimum Gasteiger partial charge on any atom is -0.444 e. The van der Waals surface area contributed by atoms with Crippen molar-refractivity contribution in [1.29, 1.82) is 0 Å². The second-order valence-electron chi connectivity index (χ2n) is 11.0. The van der Waals surface area contributed by atoms with Crippen LogP contribution in [0.4, 0.5) is 4.79 Å². The maximum absolute atomic E-state index is 13.3. The molecule has 1 aromatic rings. The fourth-order valence-corrected chi connectivity index (χ4v) is 6.96. The number of halogens is 1. The van der Waals surface area contributed by atoms with Crippen molar-refractivity contribution in [3.63, 3.8) is 0 Å². The molecule has 11 heteroatoms. The normalized spacial score (nSPS) is 18.6. The number of benzene rings is 1. The van der Waals surface area contributed by atoms with Crippen LogP contribution in [0.15, 0.2) is 30.3 Å². The quantitative estimate of drug-likeness (QED) is 0.305. The highest BCUT2D eigenvalue weighted by Gasteiger charge is 2.38. The molecular weight excluding hydrogens is 556 g/mol. The summed E-state index contributed by atoms with van der Waals surface area (Å²) in [6, 6.07) is 8.80. The number of rotatable bonds is 12. The van der Waals surface area contributed by atoms with Crippen molar-refractivity contribution in [3.8, 4) is 0 Å². The van der Waals surface area contributed by atoms with Crippen molar-refractivity contribution < 1.29 is 19.1 Å². The van der Waals surface area contributed by atoms with Gasteiger partial charge in [0, 0.05) is 31.1 Å². The van der Waals surface area contributed by atoms with Gasteiger partial charge in [0.1, 0.15) is 17.7 Å². The van der Waals surface area contributed by atoms with Crippen molar-refractivity contribution in [2.75, 3.05) is 36.2 Å². The molecule has 1 saturated carbocycles. The first-order valence-corrected chi connectivity index (χ1v) is 16.0. The Hall–Kier alpha value is -1.62. The summed E-state index contributed by atoms with van der Waals surface area (Å²) in [5.74, 6) is 2.58. The van der Waals surface area contributed by atoms with E-state index in [-0.39, 0.29) is 24.2 Å². The highest BCUT2D eigenvalue weighted by molar-refractivity contribution is 7.99. The topological polar surface area (TPSA) is 99.8 Å². The van der Waals surface area contributed by atoms with E-state index in [1.807, 2.05) is 39.0 Å². The lowest BCUT2D eigenvalue weighted by Crippen LogP contribution is -2.55. The number of nitrogens with zero attached hydrogens (tertiary/aromatic N) is 1. The first-order chi connectivity index (χ1) is 18.2. The standard InChI is InChI=1S/C28H44N4O4S2.ClH/c1-28(2,3)36-27(35)32-20-38-19-24(32)26(34)31-23(18-37-17-22-12-8-5-9-13-22)25(33)30-15-14-29-16-21-10-6-4-7-11-21;/h4,6-7,10-11,22-24,29H,5,8-9,12-20H2,1-3H3,(H,30,33)(H,31,34);1H/t23-,24-;/m0./s1. The van der Waals surface area contributed by atoms with E-state index in [4.69, 9.17) is 4.74 Å². The Morgan fingerprint density at radius 1 is 1.10 bits per heavy atom. The monoisotopic (exact) mass is 600 g/mol. The molecule has 8 nitrogen and oxygen atoms in total. The summed E-state index contributed by atoms with van der Waals surface area (Å²) in [6.07, 6.45) is 5.86. The Labute approximate surface area is 248 Å². The second kappa shape index (κ2) is 17.3. The van der Waals surface area contributed by atoms with Gasteiger partial charge in [-0.1, -0.05) is 49.6 Å². The summed E-state index contributed by atoms with van der Waals surface area (Å²) in [7, 11) is 0. The van der Waals surface area contributed by atoms with Gasteiger partial charge >= 0.3 is 6.09 Å². The van der Waals surface area contributed by atoms with Gasteiger partial charge in [-0.15, -0.1) is 24.2 Å². The van der Waals surface area contributed by atoms with Crippen molar-refractivity contribution in [2.45, 2.75) is 77.1 Å². The van der Waals surface area contributed by atoms with Gasteiger partial charge in [0.25, 0.3) is 0 Å². The Bertz CT molecular complexity index is 897. The van der Waals surface area contributed by atoms with Crippen LogP contribution >= 0.6 is 35.9 Å². The highest BCUT2D eigenvalue weighted by atomic mass is 35.5. The molecule has 0 spiro atoms. The zero-order valence-electron chi connectivity index (χ0n) is 23.4. The second-order valence-corrected chi connectivity index (χ2v) is 13.1. The number of amides is 3. The molecule has 3 amide bonds. The van der Waals surface area contributed by atoms with E-state index < -0.39 is 23.8 Å². The summed E-state index contributed by atoms with van der Waals surface area (Å²) in [5, 5.41) is 9.27. The lowest BCUT2D eigenvalue weighted by Gasteiger charge is -2.28. The molecule has 1 aliphatic carbocycles. The Balaban J connectivity index is 0.00000533. The highest BCUT2D eigenvalue weighted by Crippen LogP contribution is 2.27. The fraction of sp³-hybridized carbons (Fsp3) is 0.679.